The van der Waals surface area contributed by atoms with Gasteiger partial charge in [-0.15, -0.1) is 0 Å². The average molecular weight is 559 g/mol. The second-order valence-corrected chi connectivity index (χ2v) is 10.6. The fourth-order valence-corrected chi connectivity index (χ4v) is 5.24. The van der Waals surface area contributed by atoms with Crippen LogP contribution in [0.15, 0.2) is 65.5 Å². The number of nitrogens with one attached hydrogen (secondary N) is 2. The molecule has 0 spiro atoms. The van der Waals surface area contributed by atoms with Gasteiger partial charge in [0.1, 0.15) is 11.5 Å². The molecule has 2 aliphatic heterocycles. The summed E-state index contributed by atoms with van der Waals surface area (Å²) in [5.74, 6) is 0.567. The number of pyridine rings is 1. The maximum absolute atomic E-state index is 13.3. The molecule has 3 aromatic rings. The van der Waals surface area contributed by atoms with Gasteiger partial charge < -0.3 is 29.6 Å². The monoisotopic (exact) mass is 558 g/mol. The highest BCUT2D eigenvalue weighted by Crippen LogP contribution is 2.25. The summed E-state index contributed by atoms with van der Waals surface area (Å²) in [5, 5.41) is 3.00. The van der Waals surface area contributed by atoms with Crippen LogP contribution in [0.5, 0.6) is 11.5 Å². The van der Waals surface area contributed by atoms with Gasteiger partial charge in [-0.1, -0.05) is 24.3 Å². The van der Waals surface area contributed by atoms with Crippen LogP contribution in [0.1, 0.15) is 40.0 Å². The van der Waals surface area contributed by atoms with Crippen molar-refractivity contribution in [2.45, 2.75) is 44.9 Å². The van der Waals surface area contributed by atoms with Gasteiger partial charge in [0.05, 0.1) is 25.3 Å². The normalized spacial score (nSPS) is 20.2. The summed E-state index contributed by atoms with van der Waals surface area (Å²) in [4.78, 5) is 56.8. The van der Waals surface area contributed by atoms with Crippen LogP contribution in [0.25, 0.3) is 0 Å². The largest absolute Gasteiger partial charge is 0.457 e. The van der Waals surface area contributed by atoms with Gasteiger partial charge in [-0.3, -0.25) is 19.2 Å². The second kappa shape index (κ2) is 12.4. The summed E-state index contributed by atoms with van der Waals surface area (Å²) < 4.78 is 12.4. The van der Waals surface area contributed by atoms with E-state index in [1.54, 1.807) is 24.9 Å². The highest BCUT2D eigenvalue weighted by Gasteiger charge is 2.34. The van der Waals surface area contributed by atoms with Crippen LogP contribution < -0.4 is 15.6 Å². The summed E-state index contributed by atoms with van der Waals surface area (Å²) >= 11 is 0. The lowest BCUT2D eigenvalue weighted by Crippen LogP contribution is -2.58. The van der Waals surface area contributed by atoms with Gasteiger partial charge in [0.15, 0.2) is 0 Å². The lowest BCUT2D eigenvalue weighted by Gasteiger charge is -2.39. The molecule has 2 atom stereocenters. The van der Waals surface area contributed by atoms with Crippen molar-refractivity contribution in [1.29, 1.82) is 0 Å². The van der Waals surface area contributed by atoms with Gasteiger partial charge in [-0.25, -0.2) is 0 Å². The Morgan fingerprint density at radius 2 is 1.68 bits per heavy atom. The number of benzene rings is 2. The van der Waals surface area contributed by atoms with E-state index in [0.717, 1.165) is 11.1 Å². The summed E-state index contributed by atoms with van der Waals surface area (Å²) in [6, 6.07) is 17.7. The number of nitrogens with zero attached hydrogens (tertiary/aromatic N) is 2. The molecule has 1 aromatic heterocycles. The molecule has 3 heterocycles. The smallest absolute Gasteiger partial charge is 0.254 e. The number of rotatable bonds is 1. The van der Waals surface area contributed by atoms with E-state index in [1.807, 2.05) is 48.5 Å². The van der Waals surface area contributed by atoms with E-state index in [-0.39, 0.29) is 55.5 Å². The van der Waals surface area contributed by atoms with Crippen LogP contribution in [0.4, 0.5) is 0 Å². The van der Waals surface area contributed by atoms with Crippen LogP contribution in [-0.4, -0.2) is 71.3 Å². The molecule has 10 heteroatoms. The molecule has 214 valence electrons. The number of aromatic nitrogens is 1. The van der Waals surface area contributed by atoms with Gasteiger partial charge in [0.2, 0.25) is 17.4 Å². The minimum absolute atomic E-state index is 0.117. The van der Waals surface area contributed by atoms with Crippen molar-refractivity contribution >= 4 is 17.7 Å². The number of amides is 3. The SMILES string of the molecule is Cc1cc(C(=O)N2CC[C@H]3OCc4cccc(c4)Oc4cccc(c4)CCC(=O)N(C)CC(=O)N[C@H]3C2)cc(=O)[nH]1. The zero-order valence-corrected chi connectivity index (χ0v) is 23.2. The molecule has 41 heavy (non-hydrogen) atoms. The van der Waals surface area contributed by atoms with Crippen molar-refractivity contribution in [3.8, 4) is 11.5 Å². The van der Waals surface area contributed by atoms with Crippen molar-refractivity contribution < 1.29 is 23.9 Å². The molecule has 2 aliphatic rings. The average Bonchev–Trinajstić information content (AvgIpc) is 2.94. The number of hydrogen-bond acceptors (Lipinski definition) is 6. The summed E-state index contributed by atoms with van der Waals surface area (Å²) in [6.07, 6.45) is 0.872. The van der Waals surface area contributed by atoms with Crippen LogP contribution in [0.3, 0.4) is 0 Å². The number of likely N-dealkylation sites (tertiary alicyclic amines) is 1. The minimum Gasteiger partial charge on any atom is -0.457 e. The number of carbonyl (C=O) groups excluding carboxylic acids is 3. The highest BCUT2D eigenvalue weighted by atomic mass is 16.5. The molecule has 2 aromatic carbocycles. The molecule has 0 saturated carbocycles. The number of fused-ring (bicyclic) bond motifs is 5. The topological polar surface area (TPSA) is 121 Å². The summed E-state index contributed by atoms with van der Waals surface area (Å²) in [5.41, 5.74) is 2.41. The van der Waals surface area contributed by atoms with Crippen molar-refractivity contribution in [3.05, 3.63) is 93.4 Å². The van der Waals surface area contributed by atoms with Gasteiger partial charge >= 0.3 is 0 Å². The first-order valence-electron chi connectivity index (χ1n) is 13.7. The van der Waals surface area contributed by atoms with Crippen LogP contribution >= 0.6 is 0 Å². The Morgan fingerprint density at radius 3 is 2.44 bits per heavy atom. The Kier molecular flexibility index (Phi) is 8.49. The Hall–Kier alpha value is -4.44. The zero-order chi connectivity index (χ0) is 28.9. The molecule has 4 bridgehead atoms. The molecule has 2 N–H and O–H groups in total. The van der Waals surface area contributed by atoms with E-state index in [1.165, 1.54) is 11.0 Å². The van der Waals surface area contributed by atoms with Crippen molar-refractivity contribution in [2.75, 3.05) is 26.7 Å². The van der Waals surface area contributed by atoms with Crippen molar-refractivity contribution in [2.24, 2.45) is 0 Å². The molecule has 5 rings (SSSR count). The molecular formula is C31H34N4O6. The molecule has 1 saturated heterocycles. The highest BCUT2D eigenvalue weighted by molar-refractivity contribution is 5.94. The number of ether oxygens (including phenoxy) is 2. The van der Waals surface area contributed by atoms with Gasteiger partial charge in [0.25, 0.3) is 5.91 Å². The number of likely N-dealkylation sites (N-methyl/N-ethyl adjacent to an activating group) is 1. The lowest BCUT2D eigenvalue weighted by molar-refractivity contribution is -0.135. The van der Waals surface area contributed by atoms with Gasteiger partial charge in [-0.05, 0) is 61.2 Å². The van der Waals surface area contributed by atoms with E-state index < -0.39 is 6.04 Å². The Morgan fingerprint density at radius 1 is 0.951 bits per heavy atom. The van der Waals surface area contributed by atoms with Crippen LogP contribution in [0, 0.1) is 6.92 Å². The molecule has 3 amide bonds. The number of carbonyl (C=O) groups is 3. The first kappa shape index (κ1) is 28.1. The molecule has 10 nitrogen and oxygen atoms in total. The molecule has 0 radical (unpaired) electrons. The number of piperidine rings is 1. The summed E-state index contributed by atoms with van der Waals surface area (Å²) in [6.45, 7) is 2.50. The molecule has 1 fully saturated rings. The number of H-pyrrole nitrogens is 1. The fraction of sp³-hybridized carbons (Fsp3) is 0.355. The predicted molar refractivity (Wildman–Crippen MR) is 152 cm³/mol. The van der Waals surface area contributed by atoms with Crippen LogP contribution in [-0.2, 0) is 27.4 Å². The molecule has 0 unspecified atom stereocenters. The third-order valence-corrected chi connectivity index (χ3v) is 7.34. The third kappa shape index (κ3) is 7.20. The fourth-order valence-electron chi connectivity index (χ4n) is 5.24. The van der Waals surface area contributed by atoms with E-state index >= 15 is 0 Å². The Labute approximate surface area is 238 Å². The second-order valence-electron chi connectivity index (χ2n) is 10.6. The first-order valence-corrected chi connectivity index (χ1v) is 13.7. The van der Waals surface area contributed by atoms with E-state index in [0.29, 0.717) is 42.1 Å². The lowest BCUT2D eigenvalue weighted by atomic mass is 10.0. The third-order valence-electron chi connectivity index (χ3n) is 7.34. The standard InChI is InChI=1S/C31H34N4O6/c1-20-13-23(16-28(36)32-20)31(39)35-12-11-27-26(17-35)33-29(37)18-34(2)30(38)10-9-21-5-3-7-24(14-21)41-25-8-4-6-22(15-25)19-40-27/h3-8,13-16,26-27H,9-12,17-19H2,1-2H3,(H,32,36)(H,33,37)/t26-,27+/m0/s1. The molecular weight excluding hydrogens is 524 g/mol. The predicted octanol–water partition coefficient (Wildman–Crippen LogP) is 2.80. The number of aryl methyl sites for hydroxylation is 2. The van der Waals surface area contributed by atoms with E-state index in [9.17, 15) is 19.2 Å². The molecule has 0 aliphatic carbocycles. The van der Waals surface area contributed by atoms with E-state index in [2.05, 4.69) is 10.3 Å². The Bertz CT molecular complexity index is 1500. The quantitative estimate of drug-likeness (QED) is 0.474. The summed E-state index contributed by atoms with van der Waals surface area (Å²) in [7, 11) is 1.60. The van der Waals surface area contributed by atoms with Crippen molar-refractivity contribution in [3.63, 3.8) is 0 Å². The first-order chi connectivity index (χ1) is 19.7. The zero-order valence-electron chi connectivity index (χ0n) is 23.2. The number of hydrogen-bond donors (Lipinski definition) is 2. The number of aromatic amines is 1. The van der Waals surface area contributed by atoms with Crippen molar-refractivity contribution in [1.82, 2.24) is 20.1 Å². The maximum Gasteiger partial charge on any atom is 0.254 e. The maximum atomic E-state index is 13.3. The minimum atomic E-state index is -0.509. The van der Waals surface area contributed by atoms with Crippen LogP contribution in [0.2, 0.25) is 0 Å². The van der Waals surface area contributed by atoms with Gasteiger partial charge in [0, 0.05) is 43.9 Å². The van der Waals surface area contributed by atoms with Gasteiger partial charge in [-0.2, -0.15) is 0 Å². The van der Waals surface area contributed by atoms with E-state index in [4.69, 9.17) is 9.47 Å². The Balaban J connectivity index is 1.38.